The first kappa shape index (κ1) is 16.6. The topological polar surface area (TPSA) is 74.0 Å². The van der Waals surface area contributed by atoms with E-state index in [0.717, 1.165) is 24.8 Å². The second-order valence-corrected chi connectivity index (χ2v) is 6.63. The molecule has 5 nitrogen and oxygen atoms in total. The summed E-state index contributed by atoms with van der Waals surface area (Å²) >= 11 is 0. The maximum absolute atomic E-state index is 11.8. The van der Waals surface area contributed by atoms with Gasteiger partial charge in [0.15, 0.2) is 0 Å². The van der Waals surface area contributed by atoms with Gasteiger partial charge >= 0.3 is 0 Å². The van der Waals surface area contributed by atoms with Crippen molar-refractivity contribution in [2.45, 2.75) is 39.0 Å². The third-order valence-corrected chi connectivity index (χ3v) is 4.47. The van der Waals surface area contributed by atoms with E-state index >= 15 is 0 Å². The monoisotopic (exact) mass is 327 g/mol. The van der Waals surface area contributed by atoms with E-state index in [2.05, 4.69) is 40.7 Å². The largest absolute Gasteiger partial charge is 0.361 e. The van der Waals surface area contributed by atoms with Crippen molar-refractivity contribution in [1.29, 1.82) is 0 Å². The summed E-state index contributed by atoms with van der Waals surface area (Å²) in [7, 11) is 0. The van der Waals surface area contributed by atoms with Crippen LogP contribution in [0.1, 0.15) is 36.8 Å². The normalized spacial score (nSPS) is 13.9. The third kappa shape index (κ3) is 4.37. The molecule has 1 fully saturated rings. The van der Waals surface area contributed by atoms with E-state index in [1.54, 1.807) is 0 Å². The van der Waals surface area contributed by atoms with Gasteiger partial charge < -0.3 is 15.6 Å². The van der Waals surface area contributed by atoms with Crippen molar-refractivity contribution in [2.75, 3.05) is 13.1 Å². The van der Waals surface area contributed by atoms with Crippen molar-refractivity contribution in [1.82, 2.24) is 15.6 Å². The predicted molar refractivity (Wildman–Crippen MR) is 94.7 cm³/mol. The molecule has 1 saturated carbocycles. The highest BCUT2D eigenvalue weighted by Gasteiger charge is 2.28. The van der Waals surface area contributed by atoms with E-state index in [0.29, 0.717) is 25.9 Å². The zero-order chi connectivity index (χ0) is 16.9. The highest BCUT2D eigenvalue weighted by Crippen LogP contribution is 2.28. The van der Waals surface area contributed by atoms with Crippen LogP contribution < -0.4 is 10.6 Å². The molecule has 0 spiro atoms. The number of hydrogen-bond acceptors (Lipinski definition) is 2. The number of fused-ring (bicyclic) bond motifs is 1. The minimum absolute atomic E-state index is 0.0476. The summed E-state index contributed by atoms with van der Waals surface area (Å²) in [6, 6.07) is 6.36. The number of aromatic nitrogens is 1. The van der Waals surface area contributed by atoms with Crippen LogP contribution in [-0.2, 0) is 16.0 Å². The van der Waals surface area contributed by atoms with Crippen LogP contribution in [0.5, 0.6) is 0 Å². The SMILES string of the molecule is Cc1ccc2c(CCNC(=O)CCCNC(=O)C3CC3)c[nH]c2c1. The Morgan fingerprint density at radius 2 is 2.04 bits per heavy atom. The number of hydrogen-bond donors (Lipinski definition) is 3. The molecule has 0 radical (unpaired) electrons. The Balaban J connectivity index is 1.34. The van der Waals surface area contributed by atoms with Gasteiger partial charge in [0.2, 0.25) is 11.8 Å². The van der Waals surface area contributed by atoms with E-state index in [4.69, 9.17) is 0 Å². The Bertz CT molecular complexity index is 731. The number of carbonyl (C=O) groups is 2. The molecule has 5 heteroatoms. The predicted octanol–water partition coefficient (Wildman–Crippen LogP) is 2.44. The maximum Gasteiger partial charge on any atom is 0.223 e. The first-order valence-corrected chi connectivity index (χ1v) is 8.74. The van der Waals surface area contributed by atoms with Gasteiger partial charge in [0.25, 0.3) is 0 Å². The summed E-state index contributed by atoms with van der Waals surface area (Å²) in [5.74, 6) is 0.426. The molecule has 1 heterocycles. The van der Waals surface area contributed by atoms with Crippen molar-refractivity contribution in [3.05, 3.63) is 35.5 Å². The van der Waals surface area contributed by atoms with E-state index in [1.807, 2.05) is 6.20 Å². The van der Waals surface area contributed by atoms with Gasteiger partial charge in [-0.1, -0.05) is 12.1 Å². The molecule has 24 heavy (non-hydrogen) atoms. The fourth-order valence-corrected chi connectivity index (χ4v) is 2.88. The van der Waals surface area contributed by atoms with Crippen LogP contribution in [0.2, 0.25) is 0 Å². The van der Waals surface area contributed by atoms with Crippen molar-refractivity contribution >= 4 is 22.7 Å². The molecule has 2 aromatic rings. The molecule has 0 unspecified atom stereocenters. The van der Waals surface area contributed by atoms with Crippen LogP contribution in [0, 0.1) is 12.8 Å². The molecule has 0 saturated heterocycles. The fourth-order valence-electron chi connectivity index (χ4n) is 2.88. The molecule has 1 aliphatic carbocycles. The van der Waals surface area contributed by atoms with Crippen LogP contribution in [0.4, 0.5) is 0 Å². The van der Waals surface area contributed by atoms with Gasteiger partial charge in [0.1, 0.15) is 0 Å². The first-order chi connectivity index (χ1) is 11.6. The van der Waals surface area contributed by atoms with Gasteiger partial charge in [-0.15, -0.1) is 0 Å². The first-order valence-electron chi connectivity index (χ1n) is 8.74. The zero-order valence-corrected chi connectivity index (χ0v) is 14.2. The van der Waals surface area contributed by atoms with Gasteiger partial charge in [0, 0.05) is 42.5 Å². The minimum atomic E-state index is 0.0476. The summed E-state index contributed by atoms with van der Waals surface area (Å²) < 4.78 is 0. The maximum atomic E-state index is 11.8. The molecule has 3 rings (SSSR count). The molecule has 1 aromatic carbocycles. The molecule has 0 bridgehead atoms. The van der Waals surface area contributed by atoms with Gasteiger partial charge in [0.05, 0.1) is 0 Å². The molecular formula is C19H25N3O2. The number of aryl methyl sites for hydroxylation is 1. The Morgan fingerprint density at radius 3 is 2.83 bits per heavy atom. The number of nitrogens with one attached hydrogen (secondary N) is 3. The quantitative estimate of drug-likeness (QED) is 0.652. The second kappa shape index (κ2) is 7.51. The molecule has 3 N–H and O–H groups in total. The molecule has 1 aliphatic rings. The molecule has 1 aromatic heterocycles. The Kier molecular flexibility index (Phi) is 5.18. The summed E-state index contributed by atoms with van der Waals surface area (Å²) in [5.41, 5.74) is 3.60. The number of H-pyrrole nitrogens is 1. The Hall–Kier alpha value is -2.30. The minimum Gasteiger partial charge on any atom is -0.361 e. The summed E-state index contributed by atoms with van der Waals surface area (Å²) in [5, 5.41) is 7.05. The standard InChI is InChI=1S/C19H25N3O2/c1-13-4-7-16-15(12-22-17(16)11-13)8-10-20-18(23)3-2-9-21-19(24)14-5-6-14/h4,7,11-12,14,22H,2-3,5-6,8-10H2,1H3,(H,20,23)(H,21,24). The summed E-state index contributed by atoms with van der Waals surface area (Å²) in [6.45, 7) is 3.30. The molecule has 128 valence electrons. The highest BCUT2D eigenvalue weighted by molar-refractivity contribution is 5.84. The second-order valence-electron chi connectivity index (χ2n) is 6.63. The number of amides is 2. The molecule has 0 atom stereocenters. The Morgan fingerprint density at radius 1 is 1.21 bits per heavy atom. The smallest absolute Gasteiger partial charge is 0.223 e. The van der Waals surface area contributed by atoms with Crippen LogP contribution >= 0.6 is 0 Å². The Labute approximate surface area is 142 Å². The highest BCUT2D eigenvalue weighted by atomic mass is 16.2. The summed E-state index contributed by atoms with van der Waals surface area (Å²) in [6.07, 6.45) is 6.00. The molecular weight excluding hydrogens is 302 g/mol. The number of carbonyl (C=O) groups excluding carboxylic acids is 2. The van der Waals surface area contributed by atoms with Gasteiger partial charge in [-0.05, 0) is 49.8 Å². The van der Waals surface area contributed by atoms with Gasteiger partial charge in [-0.2, -0.15) is 0 Å². The van der Waals surface area contributed by atoms with Crippen LogP contribution in [0.25, 0.3) is 10.9 Å². The van der Waals surface area contributed by atoms with E-state index in [9.17, 15) is 9.59 Å². The average Bonchev–Trinajstić information content (AvgIpc) is 3.34. The third-order valence-electron chi connectivity index (χ3n) is 4.47. The van der Waals surface area contributed by atoms with E-state index in [1.165, 1.54) is 16.5 Å². The average molecular weight is 327 g/mol. The van der Waals surface area contributed by atoms with Crippen LogP contribution in [0.15, 0.2) is 24.4 Å². The van der Waals surface area contributed by atoms with Crippen molar-refractivity contribution < 1.29 is 9.59 Å². The van der Waals surface area contributed by atoms with Crippen molar-refractivity contribution in [2.24, 2.45) is 5.92 Å². The van der Waals surface area contributed by atoms with Crippen LogP contribution in [0.3, 0.4) is 0 Å². The van der Waals surface area contributed by atoms with Crippen molar-refractivity contribution in [3.63, 3.8) is 0 Å². The van der Waals surface area contributed by atoms with Crippen LogP contribution in [-0.4, -0.2) is 29.9 Å². The lowest BCUT2D eigenvalue weighted by Crippen LogP contribution is -2.29. The van der Waals surface area contributed by atoms with E-state index < -0.39 is 0 Å². The fraction of sp³-hybridized carbons (Fsp3) is 0.474. The van der Waals surface area contributed by atoms with Gasteiger partial charge in [-0.3, -0.25) is 9.59 Å². The zero-order valence-electron chi connectivity index (χ0n) is 14.2. The lowest BCUT2D eigenvalue weighted by atomic mass is 10.1. The molecule has 2 amide bonds. The number of benzene rings is 1. The summed E-state index contributed by atoms with van der Waals surface area (Å²) in [4.78, 5) is 26.6. The van der Waals surface area contributed by atoms with Crippen molar-refractivity contribution in [3.8, 4) is 0 Å². The lowest BCUT2D eigenvalue weighted by Gasteiger charge is -2.06. The molecule has 0 aliphatic heterocycles. The number of rotatable bonds is 8. The van der Waals surface area contributed by atoms with E-state index in [-0.39, 0.29) is 17.7 Å². The number of aromatic amines is 1. The lowest BCUT2D eigenvalue weighted by molar-refractivity contribution is -0.123. The van der Waals surface area contributed by atoms with Gasteiger partial charge in [-0.25, -0.2) is 0 Å².